The maximum Gasteiger partial charge on any atom is 0.239 e. The highest BCUT2D eigenvalue weighted by molar-refractivity contribution is 6.48. The molecule has 0 atom stereocenters. The molecule has 0 fully saturated rings. The van der Waals surface area contributed by atoms with E-state index in [0.29, 0.717) is 26.7 Å². The smallest absolute Gasteiger partial charge is 0.239 e. The third-order valence-electron chi connectivity index (χ3n) is 3.90. The number of benzene rings is 2. The van der Waals surface area contributed by atoms with E-state index >= 15 is 0 Å². The van der Waals surface area contributed by atoms with Gasteiger partial charge < -0.3 is 4.42 Å². The van der Waals surface area contributed by atoms with E-state index < -0.39 is 0 Å². The Morgan fingerprint density at radius 3 is 2.40 bits per heavy atom. The summed E-state index contributed by atoms with van der Waals surface area (Å²) in [5, 5.41) is 16.1. The summed E-state index contributed by atoms with van der Waals surface area (Å²) in [5.74, 6) is 1.01. The largest absolute Gasteiger partial charge is 0.453 e. The molecule has 0 bridgehead atoms. The molecule has 0 saturated carbocycles. The molecule has 2 aromatic heterocycles. The van der Waals surface area contributed by atoms with Crippen molar-refractivity contribution in [1.82, 2.24) is 20.6 Å². The van der Waals surface area contributed by atoms with Crippen LogP contribution in [0.25, 0.3) is 22.6 Å². The minimum Gasteiger partial charge on any atom is -0.453 e. The van der Waals surface area contributed by atoms with Gasteiger partial charge in [0.05, 0.1) is 15.1 Å². The van der Waals surface area contributed by atoms with Gasteiger partial charge in [0.2, 0.25) is 5.82 Å². The van der Waals surface area contributed by atoms with Gasteiger partial charge in [-0.15, -0.1) is 10.2 Å². The molecule has 0 radical (unpaired) electrons. The number of tetrazole rings is 1. The first-order chi connectivity index (χ1) is 12.1. The zero-order valence-electron chi connectivity index (χ0n) is 12.8. The van der Waals surface area contributed by atoms with Gasteiger partial charge in [-0.3, -0.25) is 0 Å². The zero-order valence-corrected chi connectivity index (χ0v) is 15.0. The summed E-state index contributed by atoms with van der Waals surface area (Å²) in [6.45, 7) is 0. The summed E-state index contributed by atoms with van der Waals surface area (Å²) < 4.78 is 5.81. The van der Waals surface area contributed by atoms with Crippen LogP contribution in [0.5, 0.6) is 0 Å². The molecule has 0 unspecified atom stereocenters. The highest BCUT2D eigenvalue weighted by atomic mass is 35.5. The summed E-state index contributed by atoms with van der Waals surface area (Å²) in [4.78, 5) is 0. The first kappa shape index (κ1) is 16.4. The molecule has 0 spiro atoms. The minimum atomic E-state index is 0.387. The molecular weight excluding hydrogens is 383 g/mol. The van der Waals surface area contributed by atoms with Crippen LogP contribution in [-0.2, 0) is 12.8 Å². The van der Waals surface area contributed by atoms with Crippen LogP contribution in [0.15, 0.2) is 40.8 Å². The topological polar surface area (TPSA) is 67.6 Å². The van der Waals surface area contributed by atoms with Gasteiger partial charge in [0.1, 0.15) is 5.58 Å². The van der Waals surface area contributed by atoms with Gasteiger partial charge in [0.25, 0.3) is 0 Å². The third-order valence-corrected chi connectivity index (χ3v) is 5.09. The van der Waals surface area contributed by atoms with Gasteiger partial charge in [-0.05, 0) is 53.4 Å². The van der Waals surface area contributed by atoms with E-state index in [9.17, 15) is 0 Å². The maximum atomic E-state index is 6.08. The molecule has 8 heteroatoms. The van der Waals surface area contributed by atoms with Gasteiger partial charge in [0, 0.05) is 5.39 Å². The van der Waals surface area contributed by atoms with Crippen molar-refractivity contribution in [2.24, 2.45) is 0 Å². The number of furan rings is 1. The van der Waals surface area contributed by atoms with Gasteiger partial charge >= 0.3 is 0 Å². The van der Waals surface area contributed by atoms with E-state index in [1.165, 1.54) is 0 Å². The average molecular weight is 394 g/mol. The quantitative estimate of drug-likeness (QED) is 0.474. The maximum absolute atomic E-state index is 6.08. The lowest BCUT2D eigenvalue weighted by molar-refractivity contribution is 0.625. The molecule has 1 N–H and O–H groups in total. The number of aryl methyl sites for hydroxylation is 2. The second-order valence-corrected chi connectivity index (χ2v) is 6.78. The Balaban J connectivity index is 1.56. The SMILES string of the molecule is Clc1cc(CCc2ccc3cc(-c4nn[nH]n4)oc3c2)cc(Cl)c1Cl. The Bertz CT molecular complexity index is 1020. The van der Waals surface area contributed by atoms with Crippen molar-refractivity contribution in [2.75, 3.05) is 0 Å². The van der Waals surface area contributed by atoms with Gasteiger partial charge in [-0.1, -0.05) is 46.9 Å². The molecule has 25 heavy (non-hydrogen) atoms. The Morgan fingerprint density at radius 2 is 1.68 bits per heavy atom. The molecule has 0 amide bonds. The lowest BCUT2D eigenvalue weighted by atomic mass is 10.0. The van der Waals surface area contributed by atoms with E-state index in [4.69, 9.17) is 39.2 Å². The van der Waals surface area contributed by atoms with Crippen LogP contribution in [0.2, 0.25) is 15.1 Å². The molecule has 2 heterocycles. The standard InChI is InChI=1S/C17H11Cl3N4O/c18-12-5-10(6-13(19)16(12)20)2-1-9-3-4-11-8-15(25-14(11)7-9)17-21-23-24-22-17/h3-8H,1-2H2,(H,21,22,23,24). The van der Waals surface area contributed by atoms with Crippen LogP contribution < -0.4 is 0 Å². The number of H-pyrrole nitrogens is 1. The summed E-state index contributed by atoms with van der Waals surface area (Å²) in [5.41, 5.74) is 2.96. The number of aromatic amines is 1. The molecule has 0 aliphatic rings. The van der Waals surface area contributed by atoms with Crippen LogP contribution in [0.3, 0.4) is 0 Å². The number of hydrogen-bond donors (Lipinski definition) is 1. The second-order valence-electron chi connectivity index (χ2n) is 5.59. The summed E-state index contributed by atoms with van der Waals surface area (Å²) in [7, 11) is 0. The second kappa shape index (κ2) is 6.67. The van der Waals surface area contributed by atoms with Gasteiger partial charge in [-0.25, -0.2) is 0 Å². The van der Waals surface area contributed by atoms with E-state index in [0.717, 1.165) is 34.9 Å². The highest BCUT2D eigenvalue weighted by Crippen LogP contribution is 2.32. The van der Waals surface area contributed by atoms with Crippen molar-refractivity contribution in [3.8, 4) is 11.6 Å². The lowest BCUT2D eigenvalue weighted by Crippen LogP contribution is -1.92. The Hall–Kier alpha value is -2.08. The van der Waals surface area contributed by atoms with Gasteiger partial charge in [-0.2, -0.15) is 5.21 Å². The molecule has 0 saturated heterocycles. The number of nitrogens with zero attached hydrogens (tertiary/aromatic N) is 3. The van der Waals surface area contributed by atoms with Crippen molar-refractivity contribution in [1.29, 1.82) is 0 Å². The summed E-state index contributed by atoms with van der Waals surface area (Å²) in [6.07, 6.45) is 1.61. The van der Waals surface area contributed by atoms with Crippen molar-refractivity contribution < 1.29 is 4.42 Å². The summed E-state index contributed by atoms with van der Waals surface area (Å²) in [6, 6.07) is 11.7. The Labute approximate surface area is 157 Å². The van der Waals surface area contributed by atoms with E-state index in [1.54, 1.807) is 0 Å². The minimum absolute atomic E-state index is 0.387. The number of halogens is 3. The first-order valence-corrected chi connectivity index (χ1v) is 8.63. The predicted molar refractivity (Wildman–Crippen MR) is 98.3 cm³/mol. The van der Waals surface area contributed by atoms with Crippen molar-refractivity contribution in [2.45, 2.75) is 12.8 Å². The van der Waals surface area contributed by atoms with Crippen molar-refractivity contribution in [3.05, 3.63) is 62.6 Å². The number of rotatable bonds is 4. The van der Waals surface area contributed by atoms with Gasteiger partial charge in [0.15, 0.2) is 5.76 Å². The molecular formula is C17H11Cl3N4O. The molecule has 126 valence electrons. The summed E-state index contributed by atoms with van der Waals surface area (Å²) >= 11 is 18.1. The fourth-order valence-electron chi connectivity index (χ4n) is 2.65. The van der Waals surface area contributed by atoms with Crippen LogP contribution in [0.4, 0.5) is 0 Å². The predicted octanol–water partition coefficient (Wildman–Crippen LogP) is 5.36. The average Bonchev–Trinajstić information content (AvgIpc) is 3.26. The van der Waals surface area contributed by atoms with Crippen LogP contribution in [-0.4, -0.2) is 20.6 Å². The number of fused-ring (bicyclic) bond motifs is 1. The van der Waals surface area contributed by atoms with Crippen LogP contribution in [0.1, 0.15) is 11.1 Å². The van der Waals surface area contributed by atoms with Crippen LogP contribution >= 0.6 is 34.8 Å². The van der Waals surface area contributed by atoms with Crippen molar-refractivity contribution >= 4 is 45.8 Å². The number of nitrogens with one attached hydrogen (secondary N) is 1. The fraction of sp³-hybridized carbons (Fsp3) is 0.118. The molecule has 0 aliphatic heterocycles. The van der Waals surface area contributed by atoms with Crippen LogP contribution in [0, 0.1) is 0 Å². The molecule has 4 aromatic rings. The molecule has 5 nitrogen and oxygen atoms in total. The highest BCUT2D eigenvalue weighted by Gasteiger charge is 2.11. The zero-order chi connectivity index (χ0) is 17.4. The number of aromatic nitrogens is 4. The monoisotopic (exact) mass is 392 g/mol. The Morgan fingerprint density at radius 1 is 0.920 bits per heavy atom. The molecule has 4 rings (SSSR count). The Kier molecular flexibility index (Phi) is 4.37. The van der Waals surface area contributed by atoms with E-state index in [1.807, 2.05) is 30.3 Å². The lowest BCUT2D eigenvalue weighted by Gasteiger charge is -2.06. The molecule has 0 aliphatic carbocycles. The fourth-order valence-corrected chi connectivity index (χ4v) is 3.29. The third kappa shape index (κ3) is 3.35. The van der Waals surface area contributed by atoms with E-state index in [2.05, 4.69) is 26.7 Å². The normalized spacial score (nSPS) is 11.3. The first-order valence-electron chi connectivity index (χ1n) is 7.50. The van der Waals surface area contributed by atoms with Crippen molar-refractivity contribution in [3.63, 3.8) is 0 Å². The molecule has 2 aromatic carbocycles. The van der Waals surface area contributed by atoms with E-state index in [-0.39, 0.29) is 0 Å². The number of hydrogen-bond acceptors (Lipinski definition) is 4.